The highest BCUT2D eigenvalue weighted by Crippen LogP contribution is 2.32. The lowest BCUT2D eigenvalue weighted by Gasteiger charge is -2.23. The Morgan fingerprint density at radius 1 is 1.23 bits per heavy atom. The van der Waals surface area contributed by atoms with Crippen molar-refractivity contribution in [1.29, 1.82) is 0 Å². The summed E-state index contributed by atoms with van der Waals surface area (Å²) in [6.45, 7) is 6.48. The molecule has 11 heteroatoms. The fourth-order valence-corrected chi connectivity index (χ4v) is 4.80. The largest absolute Gasteiger partial charge is 0.463 e. The summed E-state index contributed by atoms with van der Waals surface area (Å²) in [5.41, 5.74) is 12.1. The van der Waals surface area contributed by atoms with Crippen LogP contribution in [0.5, 0.6) is 5.88 Å². The van der Waals surface area contributed by atoms with E-state index in [0.717, 1.165) is 43.4 Å². The van der Waals surface area contributed by atoms with Gasteiger partial charge in [-0.1, -0.05) is 36.3 Å². The molecule has 11 nitrogen and oxygen atoms in total. The number of fused-ring (bicyclic) bond motifs is 1. The number of piperidine rings is 1. The van der Waals surface area contributed by atoms with Crippen molar-refractivity contribution in [3.63, 3.8) is 0 Å². The van der Waals surface area contributed by atoms with Crippen LogP contribution < -0.4 is 21.5 Å². The smallest absolute Gasteiger partial charge is 0.217 e. The van der Waals surface area contributed by atoms with E-state index in [-0.39, 0.29) is 11.9 Å². The number of imidazole rings is 1. The van der Waals surface area contributed by atoms with E-state index in [0.29, 0.717) is 47.6 Å². The van der Waals surface area contributed by atoms with Gasteiger partial charge in [0, 0.05) is 12.6 Å². The van der Waals surface area contributed by atoms with Gasteiger partial charge in [-0.2, -0.15) is 0 Å². The molecule has 1 atom stereocenters. The van der Waals surface area contributed by atoms with Crippen LogP contribution in [-0.4, -0.2) is 55.2 Å². The summed E-state index contributed by atoms with van der Waals surface area (Å²) < 4.78 is 13.4. The molecule has 3 aromatic heterocycles. The molecule has 1 saturated heterocycles. The lowest BCUT2D eigenvalue weighted by Crippen LogP contribution is -2.54. The molecule has 0 aliphatic carbocycles. The van der Waals surface area contributed by atoms with E-state index in [1.165, 1.54) is 0 Å². The van der Waals surface area contributed by atoms with Gasteiger partial charge in [0.2, 0.25) is 5.88 Å². The molecular weight excluding hydrogens is 496 g/mol. The summed E-state index contributed by atoms with van der Waals surface area (Å²) in [5, 5.41) is 21.5. The molecule has 5 rings (SSSR count). The number of anilines is 1. The Morgan fingerprint density at radius 3 is 2.67 bits per heavy atom. The van der Waals surface area contributed by atoms with Gasteiger partial charge in [-0.15, -0.1) is 0 Å². The van der Waals surface area contributed by atoms with Crippen molar-refractivity contribution in [3.8, 4) is 29.2 Å². The van der Waals surface area contributed by atoms with Crippen molar-refractivity contribution in [3.05, 3.63) is 47.7 Å². The zero-order valence-corrected chi connectivity index (χ0v) is 22.4. The number of aromatic nitrogens is 5. The number of aliphatic hydroxyl groups is 1. The molecule has 204 valence electrons. The van der Waals surface area contributed by atoms with Crippen molar-refractivity contribution in [2.24, 2.45) is 5.92 Å². The van der Waals surface area contributed by atoms with Gasteiger partial charge in [0.15, 0.2) is 23.4 Å². The molecule has 4 heterocycles. The van der Waals surface area contributed by atoms with Crippen LogP contribution in [-0.2, 0) is 6.54 Å². The molecule has 0 amide bonds. The lowest BCUT2D eigenvalue weighted by atomic mass is 9.95. The maximum Gasteiger partial charge on any atom is 0.217 e. The van der Waals surface area contributed by atoms with Crippen LogP contribution in [0.4, 0.5) is 5.82 Å². The van der Waals surface area contributed by atoms with E-state index in [1.807, 2.05) is 36.4 Å². The first-order valence-electron chi connectivity index (χ1n) is 13.3. The average Bonchev–Trinajstić information content (AvgIpc) is 3.52. The van der Waals surface area contributed by atoms with E-state index in [4.69, 9.17) is 25.1 Å². The van der Waals surface area contributed by atoms with Crippen molar-refractivity contribution in [2.75, 3.05) is 25.4 Å². The number of aryl methyl sites for hydroxylation is 1. The van der Waals surface area contributed by atoms with Gasteiger partial charge in [-0.25, -0.2) is 14.6 Å². The zero-order valence-electron chi connectivity index (χ0n) is 22.4. The molecule has 1 aromatic carbocycles. The summed E-state index contributed by atoms with van der Waals surface area (Å²) in [4.78, 5) is 9.59. The van der Waals surface area contributed by atoms with E-state index >= 15 is 0 Å². The number of nitrogens with zero attached hydrogens (tertiary/aromatic N) is 5. The number of hydrogen-bond donors (Lipinski definition) is 4. The molecule has 1 fully saturated rings. The molecular formula is C28H35N8O3+. The second kappa shape index (κ2) is 11.4. The molecule has 39 heavy (non-hydrogen) atoms. The normalized spacial score (nSPS) is 15.2. The van der Waals surface area contributed by atoms with E-state index in [1.54, 1.807) is 13.8 Å². The number of ether oxygens (including phenoxy) is 1. The summed E-state index contributed by atoms with van der Waals surface area (Å²) in [6.07, 6.45) is 2.90. The lowest BCUT2D eigenvalue weighted by molar-refractivity contribution is -0.383. The molecule has 1 aliphatic heterocycles. The predicted molar refractivity (Wildman–Crippen MR) is 146 cm³/mol. The average molecular weight is 532 g/mol. The van der Waals surface area contributed by atoms with E-state index in [9.17, 15) is 5.11 Å². The van der Waals surface area contributed by atoms with Crippen LogP contribution in [0, 0.1) is 17.8 Å². The van der Waals surface area contributed by atoms with Crippen LogP contribution >= 0.6 is 0 Å². The third-order valence-electron chi connectivity index (χ3n) is 6.84. The van der Waals surface area contributed by atoms with E-state index in [2.05, 4.69) is 37.8 Å². The molecule has 1 aliphatic rings. The minimum Gasteiger partial charge on any atom is -0.463 e. The Balaban J connectivity index is 1.64. The monoisotopic (exact) mass is 531 g/mol. The summed E-state index contributed by atoms with van der Waals surface area (Å²) in [6, 6.07) is 11.8. The molecule has 0 unspecified atom stereocenters. The number of nitrogen functional groups attached to an aromatic ring is 1. The molecule has 0 radical (unpaired) electrons. The van der Waals surface area contributed by atoms with Crippen LogP contribution in [0.25, 0.3) is 22.6 Å². The first kappa shape index (κ1) is 26.6. The standard InChI is InChI=1S/C28H34N8O3/c1-28(2,37)12-8-20-24-21(16-23(32-20)38-22(17-29)19-6-4-3-5-7-19)36(15-11-18-9-13-31-14-10-18)27(33-24)25-26(30)35-39-34-25/h3-7,16,18,22,31,37H,9-11,13-15,17,29H2,1-2H3,(H2,30,35)/p+1/t22-/m1/s1. The van der Waals surface area contributed by atoms with Crippen molar-refractivity contribution < 1.29 is 20.2 Å². The Kier molecular flexibility index (Phi) is 7.79. The van der Waals surface area contributed by atoms with Crippen molar-refractivity contribution in [1.82, 2.24) is 30.2 Å². The Morgan fingerprint density at radius 2 is 2.00 bits per heavy atom. The van der Waals surface area contributed by atoms with Gasteiger partial charge in [-0.3, -0.25) is 0 Å². The second-order valence-electron chi connectivity index (χ2n) is 10.4. The second-order valence-corrected chi connectivity index (χ2v) is 10.4. The summed E-state index contributed by atoms with van der Waals surface area (Å²) in [7, 11) is 0. The minimum absolute atomic E-state index is 0.156. The third kappa shape index (κ3) is 6.20. The number of nitrogens with one attached hydrogen (secondary N) is 1. The van der Waals surface area contributed by atoms with Gasteiger partial charge in [-0.05, 0) is 73.9 Å². The summed E-state index contributed by atoms with van der Waals surface area (Å²) >= 11 is 0. The Hall–Kier alpha value is -3.98. The number of rotatable bonds is 8. The fraction of sp³-hybridized carbons (Fsp3) is 0.429. The highest BCUT2D eigenvalue weighted by atomic mass is 16.6. The zero-order chi connectivity index (χ0) is 27.4. The number of quaternary nitrogens is 1. The SMILES string of the molecule is CC(C)(O)C#Cc1nc(O[C@H](C[NH3+])c2ccccc2)cc2c1nc(-c1nonc1N)n2CCC1CCNCC1. The summed E-state index contributed by atoms with van der Waals surface area (Å²) in [5.74, 6) is 7.55. The van der Waals surface area contributed by atoms with Gasteiger partial charge in [0.1, 0.15) is 23.4 Å². The molecule has 0 spiro atoms. The number of benzene rings is 1. The molecule has 0 bridgehead atoms. The van der Waals surface area contributed by atoms with Gasteiger partial charge < -0.3 is 31.2 Å². The Bertz CT molecular complexity index is 1470. The minimum atomic E-state index is -1.22. The molecule has 0 saturated carbocycles. The first-order valence-corrected chi connectivity index (χ1v) is 13.3. The number of nitrogens with two attached hydrogens (primary N) is 1. The van der Waals surface area contributed by atoms with Crippen molar-refractivity contribution in [2.45, 2.75) is 51.4 Å². The Labute approximate surface area is 226 Å². The predicted octanol–water partition coefficient (Wildman–Crippen LogP) is 1.94. The number of hydrogen-bond acceptors (Lipinski definition) is 9. The van der Waals surface area contributed by atoms with Gasteiger partial charge in [0.05, 0.1) is 5.52 Å². The van der Waals surface area contributed by atoms with Crippen LogP contribution in [0.2, 0.25) is 0 Å². The van der Waals surface area contributed by atoms with Crippen LogP contribution in [0.15, 0.2) is 41.0 Å². The van der Waals surface area contributed by atoms with Gasteiger partial charge >= 0.3 is 0 Å². The topological polar surface area (TPSA) is 165 Å². The highest BCUT2D eigenvalue weighted by molar-refractivity contribution is 5.86. The third-order valence-corrected chi connectivity index (χ3v) is 6.84. The number of pyridine rings is 1. The maximum atomic E-state index is 10.3. The van der Waals surface area contributed by atoms with Crippen LogP contribution in [0.1, 0.15) is 50.5 Å². The molecule has 4 aromatic rings. The fourth-order valence-electron chi connectivity index (χ4n) is 4.80. The maximum absolute atomic E-state index is 10.3. The van der Waals surface area contributed by atoms with E-state index < -0.39 is 5.60 Å². The molecule has 7 N–H and O–H groups in total. The highest BCUT2D eigenvalue weighted by Gasteiger charge is 2.24. The first-order chi connectivity index (χ1) is 18.8. The van der Waals surface area contributed by atoms with Gasteiger partial charge in [0.25, 0.3) is 0 Å². The van der Waals surface area contributed by atoms with Crippen molar-refractivity contribution >= 4 is 16.9 Å². The quantitative estimate of drug-likeness (QED) is 0.249. The van der Waals surface area contributed by atoms with Crippen LogP contribution in [0.3, 0.4) is 0 Å².